The van der Waals surface area contributed by atoms with Gasteiger partial charge in [0.1, 0.15) is 5.41 Å². The van der Waals surface area contributed by atoms with E-state index in [9.17, 15) is 10.1 Å². The van der Waals surface area contributed by atoms with Gasteiger partial charge in [-0.1, -0.05) is 25.7 Å². The fourth-order valence-electron chi connectivity index (χ4n) is 2.37. The minimum absolute atomic E-state index is 0.0657. The van der Waals surface area contributed by atoms with Crippen LogP contribution in [0.3, 0.4) is 0 Å². The van der Waals surface area contributed by atoms with E-state index in [1.807, 2.05) is 0 Å². The summed E-state index contributed by atoms with van der Waals surface area (Å²) in [5.74, 6) is -0.122. The molecule has 0 saturated heterocycles. The van der Waals surface area contributed by atoms with E-state index < -0.39 is 5.41 Å². The summed E-state index contributed by atoms with van der Waals surface area (Å²) in [6, 6.07) is 2.02. The molecule has 1 amide bonds. The Morgan fingerprint density at radius 3 is 2.35 bits per heavy atom. The Kier molecular flexibility index (Phi) is 4.95. The maximum atomic E-state index is 12.4. The van der Waals surface area contributed by atoms with Gasteiger partial charge in [0, 0.05) is 7.05 Å². The molecule has 1 atom stereocenters. The number of carbonyl (C=O) groups is 1. The van der Waals surface area contributed by atoms with Crippen LogP contribution in [0.2, 0.25) is 0 Å². The molecule has 0 aromatic rings. The molecule has 0 bridgehead atoms. The molecule has 4 nitrogen and oxygen atoms in total. The lowest BCUT2D eigenvalue weighted by Crippen LogP contribution is -2.46. The second-order valence-electron chi connectivity index (χ2n) is 5.06. The van der Waals surface area contributed by atoms with E-state index in [1.165, 1.54) is 4.90 Å². The number of nitrogens with zero attached hydrogens (tertiary/aromatic N) is 2. The van der Waals surface area contributed by atoms with Crippen LogP contribution >= 0.6 is 0 Å². The van der Waals surface area contributed by atoms with Gasteiger partial charge in [-0.2, -0.15) is 5.26 Å². The van der Waals surface area contributed by atoms with Gasteiger partial charge in [-0.15, -0.1) is 0 Å². The molecule has 1 aliphatic rings. The van der Waals surface area contributed by atoms with E-state index in [4.69, 9.17) is 5.11 Å². The number of nitriles is 1. The smallest absolute Gasteiger partial charge is 0.243 e. The minimum Gasteiger partial charge on any atom is -0.394 e. The zero-order chi connectivity index (χ0) is 12.9. The van der Waals surface area contributed by atoms with Crippen LogP contribution in [0, 0.1) is 16.7 Å². The van der Waals surface area contributed by atoms with E-state index in [0.717, 1.165) is 25.7 Å². The van der Waals surface area contributed by atoms with Crippen LogP contribution in [-0.4, -0.2) is 35.6 Å². The summed E-state index contributed by atoms with van der Waals surface area (Å²) >= 11 is 0. The SMILES string of the molecule is CC(CO)N(C)C(=O)C1(C#N)CCCCCC1. The van der Waals surface area contributed by atoms with Gasteiger partial charge in [0.05, 0.1) is 18.7 Å². The van der Waals surface area contributed by atoms with Crippen molar-refractivity contribution in [3.63, 3.8) is 0 Å². The van der Waals surface area contributed by atoms with Crippen molar-refractivity contribution in [2.45, 2.75) is 51.5 Å². The molecule has 0 aromatic carbocycles. The highest BCUT2D eigenvalue weighted by atomic mass is 16.3. The molecule has 0 aliphatic heterocycles. The Balaban J connectivity index is 2.85. The standard InChI is InChI=1S/C13H22N2O2/c1-11(9-16)15(2)12(17)13(10-14)7-5-3-4-6-8-13/h11,16H,3-9H2,1-2H3. The van der Waals surface area contributed by atoms with Crippen molar-refractivity contribution in [3.05, 3.63) is 0 Å². The molecular formula is C13H22N2O2. The van der Waals surface area contributed by atoms with E-state index in [-0.39, 0.29) is 18.6 Å². The zero-order valence-electron chi connectivity index (χ0n) is 10.8. The van der Waals surface area contributed by atoms with Crippen LogP contribution in [-0.2, 0) is 4.79 Å². The predicted molar refractivity (Wildman–Crippen MR) is 65.1 cm³/mol. The van der Waals surface area contributed by atoms with E-state index in [2.05, 4.69) is 6.07 Å². The van der Waals surface area contributed by atoms with Crippen LogP contribution in [0.1, 0.15) is 45.4 Å². The van der Waals surface area contributed by atoms with Crippen LogP contribution in [0.15, 0.2) is 0 Å². The van der Waals surface area contributed by atoms with Gasteiger partial charge in [0.15, 0.2) is 0 Å². The van der Waals surface area contributed by atoms with Gasteiger partial charge in [-0.05, 0) is 19.8 Å². The maximum Gasteiger partial charge on any atom is 0.243 e. The van der Waals surface area contributed by atoms with E-state index in [1.54, 1.807) is 14.0 Å². The predicted octanol–water partition coefficient (Wildman–Crippen LogP) is 1.69. The molecule has 0 radical (unpaired) electrons. The summed E-state index contributed by atoms with van der Waals surface area (Å²) in [5, 5.41) is 18.5. The molecule has 1 rings (SSSR count). The van der Waals surface area contributed by atoms with Crippen molar-refractivity contribution in [3.8, 4) is 6.07 Å². The molecule has 4 heteroatoms. The minimum atomic E-state index is -0.852. The quantitative estimate of drug-likeness (QED) is 0.761. The van der Waals surface area contributed by atoms with Crippen molar-refractivity contribution in [2.24, 2.45) is 5.41 Å². The van der Waals surface area contributed by atoms with Gasteiger partial charge in [-0.3, -0.25) is 4.79 Å². The fraction of sp³-hybridized carbons (Fsp3) is 0.846. The number of carbonyl (C=O) groups excluding carboxylic acids is 1. The maximum absolute atomic E-state index is 12.4. The molecule has 0 spiro atoms. The van der Waals surface area contributed by atoms with Gasteiger partial charge < -0.3 is 10.0 Å². The van der Waals surface area contributed by atoms with Crippen LogP contribution in [0.5, 0.6) is 0 Å². The van der Waals surface area contributed by atoms with Gasteiger partial charge in [-0.25, -0.2) is 0 Å². The molecule has 0 heterocycles. The molecule has 17 heavy (non-hydrogen) atoms. The van der Waals surface area contributed by atoms with Crippen LogP contribution in [0.4, 0.5) is 0 Å². The molecule has 1 N–H and O–H groups in total. The number of amides is 1. The molecule has 1 saturated carbocycles. The second-order valence-corrected chi connectivity index (χ2v) is 5.06. The molecule has 96 valence electrons. The van der Waals surface area contributed by atoms with Crippen LogP contribution < -0.4 is 0 Å². The number of aliphatic hydroxyl groups is 1. The van der Waals surface area contributed by atoms with Crippen molar-refractivity contribution < 1.29 is 9.90 Å². The molecule has 1 fully saturated rings. The summed E-state index contributed by atoms with van der Waals surface area (Å²) in [4.78, 5) is 13.9. The average molecular weight is 238 g/mol. The third-order valence-electron chi connectivity index (χ3n) is 3.83. The number of rotatable bonds is 3. The van der Waals surface area contributed by atoms with Crippen molar-refractivity contribution >= 4 is 5.91 Å². The number of hydrogen-bond acceptors (Lipinski definition) is 3. The van der Waals surface area contributed by atoms with Crippen LogP contribution in [0.25, 0.3) is 0 Å². The lowest BCUT2D eigenvalue weighted by Gasteiger charge is -2.32. The topological polar surface area (TPSA) is 64.3 Å². The average Bonchev–Trinajstić information content (AvgIpc) is 2.62. The van der Waals surface area contributed by atoms with Crippen molar-refractivity contribution in [2.75, 3.05) is 13.7 Å². The Bertz CT molecular complexity index is 301. The largest absolute Gasteiger partial charge is 0.394 e. The highest BCUT2D eigenvalue weighted by Crippen LogP contribution is 2.36. The number of hydrogen-bond donors (Lipinski definition) is 1. The van der Waals surface area contributed by atoms with Crippen molar-refractivity contribution in [1.29, 1.82) is 5.26 Å². The second kappa shape index (κ2) is 6.02. The lowest BCUT2D eigenvalue weighted by atomic mass is 9.80. The Morgan fingerprint density at radius 1 is 1.41 bits per heavy atom. The summed E-state index contributed by atoms with van der Waals surface area (Å²) in [5.41, 5.74) is -0.852. The lowest BCUT2D eigenvalue weighted by molar-refractivity contribution is -0.141. The normalized spacial score (nSPS) is 21.1. The molecule has 1 unspecified atom stereocenters. The molecule has 1 aliphatic carbocycles. The number of likely N-dealkylation sites (N-methyl/N-ethyl adjacent to an activating group) is 1. The third kappa shape index (κ3) is 2.98. The molecule has 0 aromatic heterocycles. The first-order valence-electron chi connectivity index (χ1n) is 6.37. The summed E-state index contributed by atoms with van der Waals surface area (Å²) < 4.78 is 0. The first-order chi connectivity index (χ1) is 8.07. The third-order valence-corrected chi connectivity index (χ3v) is 3.83. The van der Waals surface area contributed by atoms with E-state index >= 15 is 0 Å². The van der Waals surface area contributed by atoms with Crippen molar-refractivity contribution in [1.82, 2.24) is 4.90 Å². The highest BCUT2D eigenvalue weighted by Gasteiger charge is 2.41. The number of aliphatic hydroxyl groups excluding tert-OH is 1. The van der Waals surface area contributed by atoms with E-state index in [0.29, 0.717) is 12.8 Å². The monoisotopic (exact) mass is 238 g/mol. The fourth-order valence-corrected chi connectivity index (χ4v) is 2.37. The Morgan fingerprint density at radius 2 is 1.94 bits per heavy atom. The first kappa shape index (κ1) is 14.0. The summed E-state index contributed by atoms with van der Waals surface area (Å²) in [7, 11) is 1.67. The Labute approximate surface area is 103 Å². The van der Waals surface area contributed by atoms with Gasteiger partial charge in [0.2, 0.25) is 5.91 Å². The first-order valence-corrected chi connectivity index (χ1v) is 6.37. The Hall–Kier alpha value is -1.08. The van der Waals surface area contributed by atoms with Gasteiger partial charge in [0.25, 0.3) is 0 Å². The summed E-state index contributed by atoms with van der Waals surface area (Å²) in [6.07, 6.45) is 5.42. The van der Waals surface area contributed by atoms with Gasteiger partial charge >= 0.3 is 0 Å². The highest BCUT2D eigenvalue weighted by molar-refractivity contribution is 5.85. The zero-order valence-corrected chi connectivity index (χ0v) is 10.8. The molecular weight excluding hydrogens is 216 g/mol. The summed E-state index contributed by atoms with van der Waals surface area (Å²) in [6.45, 7) is 1.73.